The van der Waals surface area contributed by atoms with E-state index in [4.69, 9.17) is 4.74 Å². The largest absolute Gasteiger partial charge is 0.352 e. The van der Waals surface area contributed by atoms with Crippen molar-refractivity contribution in [1.82, 2.24) is 4.57 Å². The maximum atomic E-state index is 5.99. The Hall–Kier alpha value is -2.04. The summed E-state index contributed by atoms with van der Waals surface area (Å²) in [5.74, 6) is 0. The van der Waals surface area contributed by atoms with Crippen LogP contribution in [0.4, 0.5) is 5.69 Å². The van der Waals surface area contributed by atoms with Crippen molar-refractivity contribution >= 4 is 21.6 Å². The Kier molecular flexibility index (Phi) is 3.93. The van der Waals surface area contributed by atoms with Crippen molar-refractivity contribution in [2.45, 2.75) is 6.23 Å². The van der Waals surface area contributed by atoms with Crippen molar-refractivity contribution < 1.29 is 4.74 Å². The van der Waals surface area contributed by atoms with Crippen molar-refractivity contribution in [3.8, 4) is 5.69 Å². The van der Waals surface area contributed by atoms with E-state index >= 15 is 0 Å². The van der Waals surface area contributed by atoms with Crippen LogP contribution in [0.3, 0.4) is 0 Å². The molecule has 1 aliphatic rings. The van der Waals surface area contributed by atoms with Gasteiger partial charge in [-0.3, -0.25) is 0 Å². The Balaban J connectivity index is 1.65. The van der Waals surface area contributed by atoms with E-state index in [9.17, 15) is 0 Å². The Morgan fingerprint density at radius 2 is 1.74 bits per heavy atom. The average molecular weight is 369 g/mol. The van der Waals surface area contributed by atoms with E-state index < -0.39 is 0 Å². The molecule has 0 unspecified atom stereocenters. The number of para-hydroxylation sites is 2. The summed E-state index contributed by atoms with van der Waals surface area (Å²) in [4.78, 5) is 2.31. The van der Waals surface area contributed by atoms with Crippen LogP contribution in [0, 0.1) is 0 Å². The molecule has 0 bridgehead atoms. The third-order valence-electron chi connectivity index (χ3n) is 4.11. The summed E-state index contributed by atoms with van der Waals surface area (Å²) in [5.41, 5.74) is 3.49. The van der Waals surface area contributed by atoms with Gasteiger partial charge in [-0.2, -0.15) is 0 Å². The molecule has 3 aromatic rings. The summed E-state index contributed by atoms with van der Waals surface area (Å²) in [6, 6.07) is 20.8. The first-order chi connectivity index (χ1) is 11.3. The first-order valence-corrected chi connectivity index (χ1v) is 8.48. The highest BCUT2D eigenvalue weighted by molar-refractivity contribution is 9.10. The molecule has 1 aliphatic heterocycles. The molecule has 0 saturated carbocycles. The minimum atomic E-state index is -0.0267. The monoisotopic (exact) mass is 368 g/mol. The number of nitrogens with zero attached hydrogens (tertiary/aromatic N) is 2. The predicted molar refractivity (Wildman–Crippen MR) is 96.0 cm³/mol. The van der Waals surface area contributed by atoms with Gasteiger partial charge < -0.3 is 14.2 Å². The smallest absolute Gasteiger partial charge is 0.158 e. The molecule has 2 heterocycles. The number of aromatic nitrogens is 1. The zero-order chi connectivity index (χ0) is 15.6. The fourth-order valence-corrected chi connectivity index (χ4v) is 3.49. The van der Waals surface area contributed by atoms with E-state index in [0.29, 0.717) is 0 Å². The normalized spacial score (nSPS) is 17.6. The molecule has 1 atom stereocenters. The van der Waals surface area contributed by atoms with E-state index in [-0.39, 0.29) is 6.23 Å². The highest BCUT2D eigenvalue weighted by Crippen LogP contribution is 2.33. The maximum absolute atomic E-state index is 5.99. The number of anilines is 1. The molecule has 23 heavy (non-hydrogen) atoms. The minimum absolute atomic E-state index is 0.0267. The van der Waals surface area contributed by atoms with E-state index in [1.54, 1.807) is 0 Å². The summed E-state index contributed by atoms with van der Waals surface area (Å²) in [7, 11) is 0. The van der Waals surface area contributed by atoms with Gasteiger partial charge in [0.15, 0.2) is 6.23 Å². The summed E-state index contributed by atoms with van der Waals surface area (Å²) in [6.07, 6.45) is 4.20. The quantitative estimate of drug-likeness (QED) is 0.661. The van der Waals surface area contributed by atoms with Crippen LogP contribution in [0.1, 0.15) is 11.8 Å². The fourth-order valence-electron chi connectivity index (χ4n) is 3.00. The second-order valence-electron chi connectivity index (χ2n) is 5.56. The van der Waals surface area contributed by atoms with Gasteiger partial charge in [0.05, 0.1) is 12.3 Å². The van der Waals surface area contributed by atoms with E-state index in [1.165, 1.54) is 11.3 Å². The van der Waals surface area contributed by atoms with Crippen molar-refractivity contribution in [3.05, 3.63) is 83.1 Å². The van der Waals surface area contributed by atoms with Gasteiger partial charge in [-0.1, -0.05) is 30.3 Å². The predicted octanol–water partition coefficient (Wildman–Crippen LogP) is 4.78. The van der Waals surface area contributed by atoms with Crippen molar-refractivity contribution in [3.63, 3.8) is 0 Å². The first-order valence-electron chi connectivity index (χ1n) is 7.69. The molecule has 1 saturated heterocycles. The minimum Gasteiger partial charge on any atom is -0.352 e. The SMILES string of the molecule is Brc1ccccc1-n1ccc([C@@H]2OCCN2c2ccccc2)c1. The van der Waals surface area contributed by atoms with Crippen molar-refractivity contribution in [2.75, 3.05) is 18.1 Å². The Morgan fingerprint density at radius 3 is 2.57 bits per heavy atom. The van der Waals surface area contributed by atoms with Crippen LogP contribution in [-0.4, -0.2) is 17.7 Å². The maximum Gasteiger partial charge on any atom is 0.158 e. The number of benzene rings is 2. The van der Waals surface area contributed by atoms with Crippen LogP contribution in [0.15, 0.2) is 77.5 Å². The van der Waals surface area contributed by atoms with Crippen LogP contribution in [-0.2, 0) is 4.74 Å². The van der Waals surface area contributed by atoms with Gasteiger partial charge >= 0.3 is 0 Å². The molecular weight excluding hydrogens is 352 g/mol. The van der Waals surface area contributed by atoms with Gasteiger partial charge in [0.2, 0.25) is 0 Å². The Labute approximate surface area is 144 Å². The zero-order valence-electron chi connectivity index (χ0n) is 12.6. The topological polar surface area (TPSA) is 17.4 Å². The molecule has 0 spiro atoms. The number of halogens is 1. The molecule has 2 aromatic carbocycles. The van der Waals surface area contributed by atoms with Crippen molar-refractivity contribution in [1.29, 1.82) is 0 Å². The molecule has 3 nitrogen and oxygen atoms in total. The van der Waals surface area contributed by atoms with Crippen LogP contribution in [0.25, 0.3) is 5.69 Å². The standard InChI is InChI=1S/C19H17BrN2O/c20-17-8-4-5-9-18(17)21-11-10-15(14-21)19-22(12-13-23-19)16-6-2-1-3-7-16/h1-11,14,19H,12-13H2/t19-/m0/s1. The van der Waals surface area contributed by atoms with Crippen LogP contribution in [0.2, 0.25) is 0 Å². The highest BCUT2D eigenvalue weighted by Gasteiger charge is 2.27. The fraction of sp³-hybridized carbons (Fsp3) is 0.158. The lowest BCUT2D eigenvalue weighted by molar-refractivity contribution is 0.114. The molecule has 0 radical (unpaired) electrons. The van der Waals surface area contributed by atoms with E-state index in [1.807, 2.05) is 18.2 Å². The molecular formula is C19H17BrN2O. The van der Waals surface area contributed by atoms with E-state index in [2.05, 4.69) is 80.3 Å². The van der Waals surface area contributed by atoms with Gasteiger partial charge in [-0.05, 0) is 46.3 Å². The lowest BCUT2D eigenvalue weighted by Gasteiger charge is -2.24. The Morgan fingerprint density at radius 1 is 0.957 bits per heavy atom. The molecule has 1 fully saturated rings. The first kappa shape index (κ1) is 14.5. The second kappa shape index (κ2) is 6.22. The van der Waals surface area contributed by atoms with Gasteiger partial charge in [0.25, 0.3) is 0 Å². The Bertz CT molecular complexity index is 800. The number of rotatable bonds is 3. The molecule has 0 aliphatic carbocycles. The molecule has 0 N–H and O–H groups in total. The van der Waals surface area contributed by atoms with Gasteiger partial charge in [0.1, 0.15) is 0 Å². The molecule has 116 valence electrons. The highest BCUT2D eigenvalue weighted by atomic mass is 79.9. The zero-order valence-corrected chi connectivity index (χ0v) is 14.2. The third kappa shape index (κ3) is 2.80. The van der Waals surface area contributed by atoms with Crippen LogP contribution >= 0.6 is 15.9 Å². The summed E-state index contributed by atoms with van der Waals surface area (Å²) >= 11 is 3.61. The summed E-state index contributed by atoms with van der Waals surface area (Å²) in [6.45, 7) is 1.66. The number of ether oxygens (including phenoxy) is 1. The molecule has 0 amide bonds. The number of hydrogen-bond acceptors (Lipinski definition) is 2. The van der Waals surface area contributed by atoms with Gasteiger partial charge in [-0.15, -0.1) is 0 Å². The lowest BCUT2D eigenvalue weighted by atomic mass is 10.2. The van der Waals surface area contributed by atoms with Gasteiger partial charge in [0, 0.05) is 34.7 Å². The van der Waals surface area contributed by atoms with Crippen LogP contribution < -0.4 is 4.90 Å². The summed E-state index contributed by atoms with van der Waals surface area (Å²) < 4.78 is 9.19. The van der Waals surface area contributed by atoms with Crippen LogP contribution in [0.5, 0.6) is 0 Å². The average Bonchev–Trinajstić information content (AvgIpc) is 3.25. The van der Waals surface area contributed by atoms with Gasteiger partial charge in [-0.25, -0.2) is 0 Å². The molecule has 1 aromatic heterocycles. The van der Waals surface area contributed by atoms with Crippen molar-refractivity contribution in [2.24, 2.45) is 0 Å². The summed E-state index contributed by atoms with van der Waals surface area (Å²) in [5, 5.41) is 0. The van der Waals surface area contributed by atoms with E-state index in [0.717, 1.165) is 23.3 Å². The third-order valence-corrected chi connectivity index (χ3v) is 4.78. The molecule has 4 rings (SSSR count). The number of hydrogen-bond donors (Lipinski definition) is 0. The lowest BCUT2D eigenvalue weighted by Crippen LogP contribution is -2.22. The second-order valence-corrected chi connectivity index (χ2v) is 6.41. The molecule has 4 heteroatoms.